The van der Waals surface area contributed by atoms with Gasteiger partial charge in [0.25, 0.3) is 0 Å². The highest BCUT2D eigenvalue weighted by Gasteiger charge is 2.26. The summed E-state index contributed by atoms with van der Waals surface area (Å²) >= 11 is 0. The van der Waals surface area contributed by atoms with E-state index in [0.717, 1.165) is 44.0 Å². The summed E-state index contributed by atoms with van der Waals surface area (Å²) in [6, 6.07) is 4.40. The molecule has 0 radical (unpaired) electrons. The van der Waals surface area contributed by atoms with E-state index in [1.807, 2.05) is 13.3 Å². The number of hydrogen-bond donors (Lipinski definition) is 0. The monoisotopic (exact) mass is 325 g/mol. The molecule has 1 saturated heterocycles. The first kappa shape index (κ1) is 15.3. The van der Waals surface area contributed by atoms with Crippen molar-refractivity contribution in [2.75, 3.05) is 13.1 Å². The van der Waals surface area contributed by atoms with E-state index in [2.05, 4.69) is 50.6 Å². The maximum Gasteiger partial charge on any atom is 0.231 e. The van der Waals surface area contributed by atoms with Crippen LogP contribution >= 0.6 is 0 Å². The van der Waals surface area contributed by atoms with Gasteiger partial charge >= 0.3 is 0 Å². The molecule has 1 aliphatic heterocycles. The van der Waals surface area contributed by atoms with Gasteiger partial charge in [-0.15, -0.1) is 0 Å². The number of hydrogen-bond acceptors (Lipinski definition) is 5. The minimum Gasteiger partial charge on any atom is -0.339 e. The third-order valence-corrected chi connectivity index (χ3v) is 4.99. The Balaban J connectivity index is 1.53. The van der Waals surface area contributed by atoms with Crippen LogP contribution in [-0.4, -0.2) is 37.7 Å². The Morgan fingerprint density at radius 1 is 1.21 bits per heavy atom. The summed E-state index contributed by atoms with van der Waals surface area (Å²) in [4.78, 5) is 11.4. The molecule has 3 aromatic rings. The molecule has 1 aromatic carbocycles. The maximum atomic E-state index is 5.38. The van der Waals surface area contributed by atoms with Crippen molar-refractivity contribution in [2.24, 2.45) is 0 Å². The summed E-state index contributed by atoms with van der Waals surface area (Å²) in [7, 11) is 0. The lowest BCUT2D eigenvalue weighted by molar-refractivity contribution is 0.153. The Labute approximate surface area is 141 Å². The number of imidazole rings is 1. The largest absolute Gasteiger partial charge is 0.339 e. The van der Waals surface area contributed by atoms with Crippen LogP contribution in [0.2, 0.25) is 0 Å². The second-order valence-corrected chi connectivity index (χ2v) is 6.88. The number of likely N-dealkylation sites (tertiary alicyclic amines) is 1. The second-order valence-electron chi connectivity index (χ2n) is 6.88. The standard InChI is InChI=1S/C18H23N5O/c1-12-7-16-17(8-13(12)2)23(10-19-16)11-22-6-4-5-15(9-22)18-20-14(3)21-24-18/h7-8,10,15H,4-6,9,11H2,1-3H3/t15-/m0/s1. The quantitative estimate of drug-likeness (QED) is 0.740. The topological polar surface area (TPSA) is 60.0 Å². The molecule has 1 fully saturated rings. The summed E-state index contributed by atoms with van der Waals surface area (Å²) in [5.74, 6) is 1.83. The van der Waals surface area contributed by atoms with E-state index in [9.17, 15) is 0 Å². The SMILES string of the molecule is Cc1noc([C@H]2CCCN(Cn3cnc4cc(C)c(C)cc43)C2)n1. The summed E-state index contributed by atoms with van der Waals surface area (Å²) in [6.07, 6.45) is 4.21. The van der Waals surface area contributed by atoms with Crippen LogP contribution < -0.4 is 0 Å². The fourth-order valence-electron chi connectivity index (χ4n) is 3.51. The number of fused-ring (bicyclic) bond motifs is 1. The molecule has 4 rings (SSSR count). The molecule has 0 amide bonds. The van der Waals surface area contributed by atoms with Gasteiger partial charge in [-0.3, -0.25) is 4.90 Å². The summed E-state index contributed by atoms with van der Waals surface area (Å²) in [5, 5.41) is 3.93. The fourth-order valence-corrected chi connectivity index (χ4v) is 3.51. The molecule has 0 unspecified atom stereocenters. The Bertz CT molecular complexity index is 866. The van der Waals surface area contributed by atoms with Gasteiger partial charge in [0, 0.05) is 6.54 Å². The maximum absolute atomic E-state index is 5.38. The van der Waals surface area contributed by atoms with Crippen LogP contribution in [0.25, 0.3) is 11.0 Å². The zero-order valence-corrected chi connectivity index (χ0v) is 14.5. The van der Waals surface area contributed by atoms with Crippen molar-refractivity contribution in [3.8, 4) is 0 Å². The molecule has 3 heterocycles. The van der Waals surface area contributed by atoms with Crippen LogP contribution in [-0.2, 0) is 6.67 Å². The average molecular weight is 325 g/mol. The first-order chi connectivity index (χ1) is 11.6. The molecule has 0 aliphatic carbocycles. The number of benzene rings is 1. The van der Waals surface area contributed by atoms with E-state index in [4.69, 9.17) is 4.52 Å². The van der Waals surface area contributed by atoms with Crippen LogP contribution in [0.15, 0.2) is 23.0 Å². The molecule has 6 nitrogen and oxygen atoms in total. The number of aromatic nitrogens is 4. The Kier molecular flexibility index (Phi) is 3.84. The molecular formula is C18H23N5O. The van der Waals surface area contributed by atoms with Crippen molar-refractivity contribution >= 4 is 11.0 Å². The van der Waals surface area contributed by atoms with Gasteiger partial charge < -0.3 is 9.09 Å². The van der Waals surface area contributed by atoms with E-state index in [-0.39, 0.29) is 0 Å². The number of aryl methyl sites for hydroxylation is 3. The minimum absolute atomic E-state index is 0.332. The smallest absolute Gasteiger partial charge is 0.231 e. The van der Waals surface area contributed by atoms with Crippen LogP contribution in [0.3, 0.4) is 0 Å². The van der Waals surface area contributed by atoms with Gasteiger partial charge in [0.15, 0.2) is 5.82 Å². The van der Waals surface area contributed by atoms with Crippen molar-refractivity contribution in [1.29, 1.82) is 0 Å². The molecule has 0 saturated carbocycles. The fraction of sp³-hybridized carbons (Fsp3) is 0.500. The van der Waals surface area contributed by atoms with Crippen molar-refractivity contribution in [2.45, 2.75) is 46.2 Å². The van der Waals surface area contributed by atoms with Crippen molar-refractivity contribution in [3.63, 3.8) is 0 Å². The second kappa shape index (κ2) is 6.02. The molecular weight excluding hydrogens is 302 g/mol. The highest BCUT2D eigenvalue weighted by Crippen LogP contribution is 2.26. The Hall–Kier alpha value is -2.21. The lowest BCUT2D eigenvalue weighted by Crippen LogP contribution is -2.35. The van der Waals surface area contributed by atoms with Gasteiger partial charge in [0.1, 0.15) is 0 Å². The van der Waals surface area contributed by atoms with E-state index >= 15 is 0 Å². The van der Waals surface area contributed by atoms with Crippen LogP contribution in [0.1, 0.15) is 41.6 Å². The summed E-state index contributed by atoms with van der Waals surface area (Å²) in [5.41, 5.74) is 4.87. The number of rotatable bonds is 3. The molecule has 6 heteroatoms. The van der Waals surface area contributed by atoms with Crippen LogP contribution in [0, 0.1) is 20.8 Å². The Morgan fingerprint density at radius 3 is 2.83 bits per heavy atom. The van der Waals surface area contributed by atoms with Gasteiger partial charge in [-0.25, -0.2) is 4.98 Å². The predicted molar refractivity (Wildman–Crippen MR) is 91.8 cm³/mol. The van der Waals surface area contributed by atoms with E-state index in [0.29, 0.717) is 11.7 Å². The summed E-state index contributed by atoms with van der Waals surface area (Å²) in [6.45, 7) is 9.05. The molecule has 1 aliphatic rings. The molecule has 1 atom stereocenters. The highest BCUT2D eigenvalue weighted by molar-refractivity contribution is 5.77. The Morgan fingerprint density at radius 2 is 2.04 bits per heavy atom. The zero-order valence-electron chi connectivity index (χ0n) is 14.5. The van der Waals surface area contributed by atoms with E-state index < -0.39 is 0 Å². The molecule has 126 valence electrons. The number of piperidine rings is 1. The van der Waals surface area contributed by atoms with Crippen LogP contribution in [0.4, 0.5) is 0 Å². The lowest BCUT2D eigenvalue weighted by atomic mass is 9.98. The number of nitrogens with zero attached hydrogens (tertiary/aromatic N) is 5. The van der Waals surface area contributed by atoms with E-state index in [1.54, 1.807) is 0 Å². The highest BCUT2D eigenvalue weighted by atomic mass is 16.5. The molecule has 0 bridgehead atoms. The minimum atomic E-state index is 0.332. The zero-order chi connectivity index (χ0) is 16.7. The molecule has 24 heavy (non-hydrogen) atoms. The van der Waals surface area contributed by atoms with E-state index in [1.165, 1.54) is 16.6 Å². The van der Waals surface area contributed by atoms with Gasteiger partial charge in [-0.2, -0.15) is 4.98 Å². The third-order valence-electron chi connectivity index (χ3n) is 4.99. The first-order valence-corrected chi connectivity index (χ1v) is 8.55. The lowest BCUT2D eigenvalue weighted by Gasteiger charge is -2.31. The normalized spacial score (nSPS) is 19.2. The molecule has 2 aromatic heterocycles. The van der Waals surface area contributed by atoms with Crippen LogP contribution in [0.5, 0.6) is 0 Å². The molecule has 0 N–H and O–H groups in total. The van der Waals surface area contributed by atoms with Crippen molar-refractivity contribution < 1.29 is 4.52 Å². The van der Waals surface area contributed by atoms with Crippen molar-refractivity contribution in [1.82, 2.24) is 24.6 Å². The van der Waals surface area contributed by atoms with Gasteiger partial charge in [-0.1, -0.05) is 5.16 Å². The average Bonchev–Trinajstić information content (AvgIpc) is 3.16. The van der Waals surface area contributed by atoms with Gasteiger partial charge in [0.2, 0.25) is 5.89 Å². The summed E-state index contributed by atoms with van der Waals surface area (Å²) < 4.78 is 7.62. The van der Waals surface area contributed by atoms with Crippen molar-refractivity contribution in [3.05, 3.63) is 41.3 Å². The first-order valence-electron chi connectivity index (χ1n) is 8.55. The van der Waals surface area contributed by atoms with Gasteiger partial charge in [0.05, 0.1) is 29.9 Å². The predicted octanol–water partition coefficient (Wildman–Crippen LogP) is 3.18. The van der Waals surface area contributed by atoms with Gasteiger partial charge in [-0.05, 0) is 63.4 Å². The molecule has 0 spiro atoms. The third kappa shape index (κ3) is 2.82.